The maximum absolute atomic E-state index is 13.3. The molecule has 0 amide bonds. The average molecular weight is 376 g/mol. The van der Waals surface area contributed by atoms with Crippen LogP contribution in [0.4, 0.5) is 22.0 Å². The second kappa shape index (κ2) is 4.77. The lowest BCUT2D eigenvalue weighted by Crippen LogP contribution is -2.35. The van der Waals surface area contributed by atoms with Crippen molar-refractivity contribution in [3.8, 4) is 0 Å². The van der Waals surface area contributed by atoms with E-state index >= 15 is 0 Å². The van der Waals surface area contributed by atoms with Crippen molar-refractivity contribution in [2.24, 2.45) is 0 Å². The molecular weight excluding hydrogens is 370 g/mol. The number of aryl methyl sites for hydroxylation is 1. The van der Waals surface area contributed by atoms with Crippen LogP contribution in [0, 0.1) is 6.92 Å². The van der Waals surface area contributed by atoms with Gasteiger partial charge in [-0.1, -0.05) is 27.5 Å². The fraction of sp³-hybridized carbons (Fsp3) is 0.273. The molecule has 1 heterocycles. The highest BCUT2D eigenvalue weighted by Crippen LogP contribution is 2.43. The molecule has 20 heavy (non-hydrogen) atoms. The van der Waals surface area contributed by atoms with Crippen LogP contribution in [0.3, 0.4) is 0 Å². The van der Waals surface area contributed by atoms with Gasteiger partial charge in [0.05, 0.1) is 5.52 Å². The molecule has 0 bridgehead atoms. The Labute approximate surface area is 123 Å². The van der Waals surface area contributed by atoms with Gasteiger partial charge >= 0.3 is 12.1 Å². The molecule has 9 heteroatoms. The van der Waals surface area contributed by atoms with Crippen molar-refractivity contribution in [2.75, 3.05) is 0 Å². The lowest BCUT2D eigenvalue weighted by atomic mass is 10.1. The lowest BCUT2D eigenvalue weighted by Gasteiger charge is -2.18. The quantitative estimate of drug-likeness (QED) is 0.517. The number of rotatable bonds is 1. The maximum Gasteiger partial charge on any atom is 0.461 e. The first-order chi connectivity index (χ1) is 9.04. The van der Waals surface area contributed by atoms with E-state index in [-0.39, 0.29) is 10.9 Å². The fourth-order valence-corrected chi connectivity index (χ4v) is 2.39. The van der Waals surface area contributed by atoms with Crippen molar-refractivity contribution in [3.05, 3.63) is 33.1 Å². The Morgan fingerprint density at radius 2 is 1.70 bits per heavy atom. The van der Waals surface area contributed by atoms with E-state index in [0.29, 0.717) is 10.0 Å². The van der Waals surface area contributed by atoms with Crippen LogP contribution in [0.25, 0.3) is 10.9 Å². The summed E-state index contributed by atoms with van der Waals surface area (Å²) >= 11 is 8.85. The van der Waals surface area contributed by atoms with Crippen molar-refractivity contribution in [1.82, 2.24) is 9.97 Å². The van der Waals surface area contributed by atoms with Crippen LogP contribution in [-0.4, -0.2) is 16.1 Å². The first-order valence-corrected chi connectivity index (χ1v) is 6.29. The SMILES string of the molecule is Cc1cc(Br)cc2c(Cl)nc(C(F)(F)C(F)(F)F)nc12. The van der Waals surface area contributed by atoms with Crippen LogP contribution < -0.4 is 0 Å². The van der Waals surface area contributed by atoms with Crippen LogP contribution in [0.5, 0.6) is 0 Å². The minimum Gasteiger partial charge on any atom is -0.226 e. The van der Waals surface area contributed by atoms with Gasteiger partial charge in [0.2, 0.25) is 5.82 Å². The third kappa shape index (κ3) is 2.46. The van der Waals surface area contributed by atoms with Gasteiger partial charge in [-0.25, -0.2) is 9.97 Å². The van der Waals surface area contributed by atoms with Gasteiger partial charge < -0.3 is 0 Å². The van der Waals surface area contributed by atoms with Gasteiger partial charge in [-0.15, -0.1) is 0 Å². The van der Waals surface area contributed by atoms with Crippen LogP contribution in [0.2, 0.25) is 5.15 Å². The lowest BCUT2D eigenvalue weighted by molar-refractivity contribution is -0.292. The average Bonchev–Trinajstić information content (AvgIpc) is 2.28. The molecule has 0 unspecified atom stereocenters. The smallest absolute Gasteiger partial charge is 0.226 e. The van der Waals surface area contributed by atoms with Gasteiger partial charge in [-0.3, -0.25) is 0 Å². The first-order valence-electron chi connectivity index (χ1n) is 5.12. The number of fused-ring (bicyclic) bond motifs is 1. The monoisotopic (exact) mass is 374 g/mol. The minimum atomic E-state index is -5.78. The molecule has 1 aromatic carbocycles. The second-order valence-corrected chi connectivity index (χ2v) is 5.30. The molecule has 1 aromatic heterocycles. The topological polar surface area (TPSA) is 25.8 Å². The summed E-state index contributed by atoms with van der Waals surface area (Å²) < 4.78 is 64.1. The number of aromatic nitrogens is 2. The summed E-state index contributed by atoms with van der Waals surface area (Å²) in [5.41, 5.74) is 0.352. The highest BCUT2D eigenvalue weighted by Gasteiger charge is 2.61. The van der Waals surface area contributed by atoms with E-state index in [0.717, 1.165) is 0 Å². The molecule has 0 atom stereocenters. The van der Waals surface area contributed by atoms with Crippen LogP contribution >= 0.6 is 27.5 Å². The standard InChI is InChI=1S/C11H5BrClF5N2/c1-4-2-5(12)3-6-7(4)19-9(20-8(6)13)10(14,15)11(16,17)18/h2-3H,1H3. The molecule has 0 N–H and O–H groups in total. The van der Waals surface area contributed by atoms with E-state index in [9.17, 15) is 22.0 Å². The third-order valence-corrected chi connectivity index (χ3v) is 3.29. The second-order valence-electron chi connectivity index (χ2n) is 4.03. The van der Waals surface area contributed by atoms with E-state index in [2.05, 4.69) is 25.9 Å². The van der Waals surface area contributed by atoms with Gasteiger partial charge in [0.1, 0.15) is 5.15 Å². The molecule has 108 valence electrons. The van der Waals surface area contributed by atoms with E-state index in [1.807, 2.05) is 0 Å². The molecule has 0 saturated carbocycles. The molecule has 0 fully saturated rings. The van der Waals surface area contributed by atoms with Crippen molar-refractivity contribution in [2.45, 2.75) is 19.0 Å². The van der Waals surface area contributed by atoms with Gasteiger partial charge in [0.25, 0.3) is 0 Å². The molecular formula is C11H5BrClF5N2. The molecule has 0 aliphatic carbocycles. The van der Waals surface area contributed by atoms with E-state index in [1.165, 1.54) is 19.1 Å². The Morgan fingerprint density at radius 1 is 1.10 bits per heavy atom. The summed E-state index contributed by atoms with van der Waals surface area (Å²) in [5.74, 6) is -6.82. The van der Waals surface area contributed by atoms with Crippen LogP contribution in [-0.2, 0) is 5.92 Å². The van der Waals surface area contributed by atoms with Crippen molar-refractivity contribution >= 4 is 38.4 Å². The molecule has 0 radical (unpaired) electrons. The highest BCUT2D eigenvalue weighted by atomic mass is 79.9. The molecule has 0 spiro atoms. The first kappa shape index (κ1) is 15.4. The molecule has 0 aliphatic rings. The number of nitrogens with zero attached hydrogens (tertiary/aromatic N) is 2. The molecule has 2 rings (SSSR count). The number of alkyl halides is 5. The number of hydrogen-bond donors (Lipinski definition) is 0. The van der Waals surface area contributed by atoms with Gasteiger partial charge in [-0.2, -0.15) is 22.0 Å². The van der Waals surface area contributed by atoms with Crippen molar-refractivity contribution < 1.29 is 22.0 Å². The zero-order valence-corrected chi connectivity index (χ0v) is 12.0. The van der Waals surface area contributed by atoms with E-state index < -0.39 is 23.1 Å². The van der Waals surface area contributed by atoms with E-state index in [4.69, 9.17) is 11.6 Å². The predicted octanol–water partition coefficient (Wildman–Crippen LogP) is 5.01. The Balaban J connectivity index is 2.77. The highest BCUT2D eigenvalue weighted by molar-refractivity contribution is 9.10. The van der Waals surface area contributed by atoms with Gasteiger partial charge in [0, 0.05) is 9.86 Å². The minimum absolute atomic E-state index is 0.0490. The molecule has 0 aliphatic heterocycles. The largest absolute Gasteiger partial charge is 0.461 e. The third-order valence-electron chi connectivity index (χ3n) is 2.55. The Bertz CT molecular complexity index is 687. The zero-order chi connectivity index (χ0) is 15.3. The molecule has 2 aromatic rings. The molecule has 0 saturated heterocycles. The summed E-state index contributed by atoms with van der Waals surface area (Å²) in [4.78, 5) is 6.41. The summed E-state index contributed by atoms with van der Waals surface area (Å²) in [6.45, 7) is 1.52. The summed E-state index contributed by atoms with van der Waals surface area (Å²) in [7, 11) is 0. The van der Waals surface area contributed by atoms with Gasteiger partial charge in [-0.05, 0) is 24.6 Å². The zero-order valence-electron chi connectivity index (χ0n) is 9.69. The summed E-state index contributed by atoms with van der Waals surface area (Å²) in [5, 5.41) is -0.265. The predicted molar refractivity (Wildman–Crippen MR) is 66.9 cm³/mol. The normalized spacial score (nSPS) is 13.0. The Morgan fingerprint density at radius 3 is 2.25 bits per heavy atom. The van der Waals surface area contributed by atoms with Crippen molar-refractivity contribution in [3.63, 3.8) is 0 Å². The van der Waals surface area contributed by atoms with Crippen LogP contribution in [0.15, 0.2) is 16.6 Å². The van der Waals surface area contributed by atoms with E-state index in [1.54, 1.807) is 0 Å². The Kier molecular flexibility index (Phi) is 3.66. The Hall–Kier alpha value is -1.02. The molecule has 2 nitrogen and oxygen atoms in total. The summed E-state index contributed by atoms with van der Waals surface area (Å²) in [6, 6.07) is 2.97. The number of halogens is 7. The fourth-order valence-electron chi connectivity index (χ4n) is 1.59. The number of benzene rings is 1. The van der Waals surface area contributed by atoms with Crippen LogP contribution in [0.1, 0.15) is 11.4 Å². The maximum atomic E-state index is 13.3. The summed E-state index contributed by atoms with van der Waals surface area (Å²) in [6.07, 6.45) is -5.78. The number of hydrogen-bond acceptors (Lipinski definition) is 2. The van der Waals surface area contributed by atoms with Gasteiger partial charge in [0.15, 0.2) is 0 Å². The van der Waals surface area contributed by atoms with Crippen molar-refractivity contribution in [1.29, 1.82) is 0 Å².